The molecule has 0 saturated heterocycles. The third-order valence-electron chi connectivity index (χ3n) is 2.96. The maximum atomic E-state index is 5.46. The highest BCUT2D eigenvalue weighted by Crippen LogP contribution is 2.17. The van der Waals surface area contributed by atoms with Crippen LogP contribution < -0.4 is 16.0 Å². The predicted molar refractivity (Wildman–Crippen MR) is 76.8 cm³/mol. The summed E-state index contributed by atoms with van der Waals surface area (Å²) in [5.41, 5.74) is 7.94. The molecular formula is C14H25N3. The third-order valence-corrected chi connectivity index (χ3v) is 2.96. The Morgan fingerprint density at radius 2 is 1.71 bits per heavy atom. The molecular weight excluding hydrogens is 210 g/mol. The van der Waals surface area contributed by atoms with Crippen molar-refractivity contribution in [3.05, 3.63) is 24.3 Å². The molecule has 96 valence electrons. The predicted octanol–water partition coefficient (Wildman–Crippen LogP) is 2.68. The monoisotopic (exact) mass is 235 g/mol. The van der Waals surface area contributed by atoms with E-state index in [0.717, 1.165) is 39.0 Å². The number of hydrogen-bond acceptors (Lipinski definition) is 3. The Balaban J connectivity index is 2.44. The van der Waals surface area contributed by atoms with Crippen LogP contribution in [-0.4, -0.2) is 26.2 Å². The lowest BCUT2D eigenvalue weighted by molar-refractivity contribution is 0.774. The minimum absolute atomic E-state index is 0.780. The average molecular weight is 235 g/mol. The highest BCUT2D eigenvalue weighted by atomic mass is 15.1. The average Bonchev–Trinajstić information content (AvgIpc) is 2.38. The molecule has 0 bridgehead atoms. The molecule has 0 spiro atoms. The van der Waals surface area contributed by atoms with Gasteiger partial charge >= 0.3 is 0 Å². The summed E-state index contributed by atoms with van der Waals surface area (Å²) < 4.78 is 0. The molecule has 0 atom stereocenters. The van der Waals surface area contributed by atoms with Crippen molar-refractivity contribution in [1.29, 1.82) is 0 Å². The van der Waals surface area contributed by atoms with Crippen molar-refractivity contribution in [3.63, 3.8) is 0 Å². The summed E-state index contributed by atoms with van der Waals surface area (Å²) in [6, 6.07) is 8.66. The fraction of sp³-hybridized carbons (Fsp3) is 0.571. The molecule has 3 heteroatoms. The van der Waals surface area contributed by atoms with Gasteiger partial charge in [-0.2, -0.15) is 0 Å². The van der Waals surface area contributed by atoms with Crippen LogP contribution >= 0.6 is 0 Å². The van der Waals surface area contributed by atoms with E-state index in [1.165, 1.54) is 11.4 Å². The summed E-state index contributed by atoms with van der Waals surface area (Å²) in [6.45, 7) is 8.26. The van der Waals surface area contributed by atoms with Gasteiger partial charge in [0.2, 0.25) is 0 Å². The first-order valence-corrected chi connectivity index (χ1v) is 6.60. The number of nitrogens with zero attached hydrogens (tertiary/aromatic N) is 1. The summed E-state index contributed by atoms with van der Waals surface area (Å²) >= 11 is 0. The normalized spacial score (nSPS) is 10.3. The van der Waals surface area contributed by atoms with Crippen molar-refractivity contribution in [3.8, 4) is 0 Å². The Kier molecular flexibility index (Phi) is 6.48. The van der Waals surface area contributed by atoms with Gasteiger partial charge < -0.3 is 16.0 Å². The van der Waals surface area contributed by atoms with Crippen LogP contribution in [0.4, 0.5) is 11.4 Å². The fourth-order valence-electron chi connectivity index (χ4n) is 1.88. The summed E-state index contributed by atoms with van der Waals surface area (Å²) in [5.74, 6) is 0. The fourth-order valence-corrected chi connectivity index (χ4v) is 1.88. The molecule has 0 aliphatic heterocycles. The van der Waals surface area contributed by atoms with Gasteiger partial charge in [0, 0.05) is 31.0 Å². The van der Waals surface area contributed by atoms with Crippen molar-refractivity contribution in [2.24, 2.45) is 5.73 Å². The van der Waals surface area contributed by atoms with Gasteiger partial charge in [0.25, 0.3) is 0 Å². The molecule has 1 rings (SSSR count). The number of nitrogens with one attached hydrogen (secondary N) is 1. The molecule has 0 heterocycles. The van der Waals surface area contributed by atoms with Gasteiger partial charge in [-0.1, -0.05) is 0 Å². The minimum atomic E-state index is 0.780. The molecule has 1 aromatic carbocycles. The van der Waals surface area contributed by atoms with Gasteiger partial charge in [-0.25, -0.2) is 0 Å². The molecule has 0 saturated carbocycles. The lowest BCUT2D eigenvalue weighted by Crippen LogP contribution is -2.21. The first-order valence-electron chi connectivity index (χ1n) is 6.60. The zero-order valence-corrected chi connectivity index (χ0v) is 11.1. The molecule has 17 heavy (non-hydrogen) atoms. The van der Waals surface area contributed by atoms with Gasteiger partial charge in [0.05, 0.1) is 0 Å². The van der Waals surface area contributed by atoms with Crippen molar-refractivity contribution < 1.29 is 0 Å². The molecule has 0 aliphatic carbocycles. The molecule has 3 N–H and O–H groups in total. The number of rotatable bonds is 8. The molecule has 0 fully saturated rings. The van der Waals surface area contributed by atoms with E-state index >= 15 is 0 Å². The Morgan fingerprint density at radius 1 is 1.06 bits per heavy atom. The van der Waals surface area contributed by atoms with Crippen molar-refractivity contribution in [2.45, 2.75) is 26.7 Å². The molecule has 0 radical (unpaired) electrons. The lowest BCUT2D eigenvalue weighted by atomic mass is 10.2. The summed E-state index contributed by atoms with van der Waals surface area (Å²) in [7, 11) is 0. The van der Waals surface area contributed by atoms with Crippen LogP contribution in [0.1, 0.15) is 26.7 Å². The van der Waals surface area contributed by atoms with Gasteiger partial charge in [-0.05, 0) is 57.5 Å². The Hall–Kier alpha value is -1.22. The van der Waals surface area contributed by atoms with Gasteiger partial charge in [0.15, 0.2) is 0 Å². The van der Waals surface area contributed by atoms with Crippen molar-refractivity contribution >= 4 is 11.4 Å². The molecule has 1 aromatic rings. The van der Waals surface area contributed by atoms with Crippen LogP contribution in [0.2, 0.25) is 0 Å². The van der Waals surface area contributed by atoms with E-state index in [4.69, 9.17) is 5.73 Å². The Morgan fingerprint density at radius 3 is 2.24 bits per heavy atom. The standard InChI is InChI=1S/C14H25N3/c1-3-17(4-2)14-9-7-13(8-10-14)16-12-6-5-11-15/h7-10,16H,3-6,11-12,15H2,1-2H3. The SMILES string of the molecule is CCN(CC)c1ccc(NCCCCN)cc1. The number of unbranched alkanes of at least 4 members (excludes halogenated alkanes) is 1. The highest BCUT2D eigenvalue weighted by molar-refractivity contribution is 5.54. The summed E-state index contributed by atoms with van der Waals surface area (Å²) in [5, 5.41) is 3.41. The van der Waals surface area contributed by atoms with E-state index < -0.39 is 0 Å². The lowest BCUT2D eigenvalue weighted by Gasteiger charge is -2.21. The maximum Gasteiger partial charge on any atom is 0.0367 e. The quantitative estimate of drug-likeness (QED) is 0.681. The Bertz CT molecular complexity index is 291. The maximum absolute atomic E-state index is 5.46. The number of anilines is 2. The topological polar surface area (TPSA) is 41.3 Å². The molecule has 3 nitrogen and oxygen atoms in total. The summed E-state index contributed by atoms with van der Waals surface area (Å²) in [6.07, 6.45) is 2.22. The first kappa shape index (κ1) is 13.8. The van der Waals surface area contributed by atoms with Crippen LogP contribution in [-0.2, 0) is 0 Å². The van der Waals surface area contributed by atoms with E-state index in [-0.39, 0.29) is 0 Å². The number of benzene rings is 1. The van der Waals surface area contributed by atoms with E-state index in [1.54, 1.807) is 0 Å². The zero-order valence-electron chi connectivity index (χ0n) is 11.1. The van der Waals surface area contributed by atoms with Crippen molar-refractivity contribution in [2.75, 3.05) is 36.4 Å². The van der Waals surface area contributed by atoms with Crippen LogP contribution in [0, 0.1) is 0 Å². The molecule has 0 unspecified atom stereocenters. The van der Waals surface area contributed by atoms with Crippen LogP contribution in [0.3, 0.4) is 0 Å². The second-order valence-electron chi connectivity index (χ2n) is 4.14. The Labute approximate surface area is 105 Å². The molecule has 0 aromatic heterocycles. The van der Waals surface area contributed by atoms with Crippen LogP contribution in [0.25, 0.3) is 0 Å². The van der Waals surface area contributed by atoms with E-state index in [0.29, 0.717) is 0 Å². The number of hydrogen-bond donors (Lipinski definition) is 2. The zero-order chi connectivity index (χ0) is 12.5. The number of nitrogens with two attached hydrogens (primary N) is 1. The smallest absolute Gasteiger partial charge is 0.0367 e. The second kappa shape index (κ2) is 7.96. The first-order chi connectivity index (χ1) is 8.31. The van der Waals surface area contributed by atoms with E-state index in [1.807, 2.05) is 0 Å². The molecule has 0 aliphatic rings. The van der Waals surface area contributed by atoms with E-state index in [9.17, 15) is 0 Å². The third kappa shape index (κ3) is 4.65. The summed E-state index contributed by atoms with van der Waals surface area (Å²) in [4.78, 5) is 2.35. The highest BCUT2D eigenvalue weighted by Gasteiger charge is 2.00. The van der Waals surface area contributed by atoms with Crippen molar-refractivity contribution in [1.82, 2.24) is 0 Å². The van der Waals surface area contributed by atoms with Gasteiger partial charge in [-0.15, -0.1) is 0 Å². The van der Waals surface area contributed by atoms with Crippen LogP contribution in [0.15, 0.2) is 24.3 Å². The molecule has 0 amide bonds. The van der Waals surface area contributed by atoms with E-state index in [2.05, 4.69) is 48.3 Å². The van der Waals surface area contributed by atoms with Crippen LogP contribution in [0.5, 0.6) is 0 Å². The van der Waals surface area contributed by atoms with Gasteiger partial charge in [0.1, 0.15) is 0 Å². The van der Waals surface area contributed by atoms with Gasteiger partial charge in [-0.3, -0.25) is 0 Å². The minimum Gasteiger partial charge on any atom is -0.385 e. The second-order valence-corrected chi connectivity index (χ2v) is 4.14. The largest absolute Gasteiger partial charge is 0.385 e.